The van der Waals surface area contributed by atoms with E-state index in [9.17, 15) is 19.2 Å². The van der Waals surface area contributed by atoms with Crippen LogP contribution in [0.15, 0.2) is 121 Å². The lowest BCUT2D eigenvalue weighted by Gasteiger charge is -2.23. The Hall–Kier alpha value is -5.40. The number of ether oxygens (including phenoxy) is 8. The van der Waals surface area contributed by atoms with Gasteiger partial charge in [0, 0.05) is 21.3 Å². The Morgan fingerprint density at radius 2 is 0.554 bits per heavy atom. The fourth-order valence-electron chi connectivity index (χ4n) is 6.76. The second-order valence-corrected chi connectivity index (χ2v) is 26.9. The van der Waals surface area contributed by atoms with Crippen LogP contribution in [0, 0.1) is 21.7 Å². The molecule has 4 rings (SSSR count). The number of esters is 4. The van der Waals surface area contributed by atoms with Crippen LogP contribution < -0.4 is 0 Å². The molecule has 528 valence electrons. The van der Waals surface area contributed by atoms with Crippen LogP contribution in [0.3, 0.4) is 0 Å². The first-order chi connectivity index (χ1) is 43.1. The van der Waals surface area contributed by atoms with Crippen LogP contribution in [0.1, 0.15) is 263 Å². The SMILES string of the molecule is CCC(C)(C)C(=O)OC(C)COC.CCC(C)(C)C(=O)OCCOC.CCC(C)(C)C(=O)OCCOC.CCC(C)(C)C(=O)OCCOC(C)(C)C.CCC(C)c1ccccc1.CCC(C)c1ccccc1.CCC(C)c1ccccc1.CCC(C)c1ccccc1. The summed E-state index contributed by atoms with van der Waals surface area (Å²) in [5.41, 5.74) is 4.11. The summed E-state index contributed by atoms with van der Waals surface area (Å²) < 4.78 is 40.1. The summed E-state index contributed by atoms with van der Waals surface area (Å²) >= 11 is 0. The van der Waals surface area contributed by atoms with Crippen LogP contribution >= 0.6 is 0 Å². The molecule has 0 fully saturated rings. The molecule has 92 heavy (non-hydrogen) atoms. The highest BCUT2D eigenvalue weighted by atomic mass is 16.6. The quantitative estimate of drug-likeness (QED) is 0.0303. The van der Waals surface area contributed by atoms with Gasteiger partial charge in [-0.2, -0.15) is 0 Å². The number of hydrogen-bond donors (Lipinski definition) is 0. The third-order valence-electron chi connectivity index (χ3n) is 16.3. The lowest BCUT2D eigenvalue weighted by atomic mass is 9.91. The van der Waals surface area contributed by atoms with Gasteiger partial charge in [0.15, 0.2) is 0 Å². The van der Waals surface area contributed by atoms with E-state index in [-0.39, 0.29) is 57.2 Å². The van der Waals surface area contributed by atoms with E-state index in [1.807, 2.05) is 111 Å². The number of hydrogen-bond acceptors (Lipinski definition) is 12. The predicted octanol–water partition coefficient (Wildman–Crippen LogP) is 20.8. The van der Waals surface area contributed by atoms with E-state index in [0.717, 1.165) is 25.7 Å². The molecule has 0 heterocycles. The Labute approximate surface area is 564 Å². The molecule has 0 radical (unpaired) electrons. The maximum atomic E-state index is 11.5. The molecule has 0 aliphatic heterocycles. The first-order valence-corrected chi connectivity index (χ1v) is 34.1. The minimum absolute atomic E-state index is 0.150. The van der Waals surface area contributed by atoms with Gasteiger partial charge in [0.25, 0.3) is 0 Å². The van der Waals surface area contributed by atoms with Gasteiger partial charge in [-0.25, -0.2) is 0 Å². The van der Waals surface area contributed by atoms with Gasteiger partial charge < -0.3 is 37.9 Å². The zero-order chi connectivity index (χ0) is 71.4. The van der Waals surface area contributed by atoms with Gasteiger partial charge in [-0.3, -0.25) is 19.2 Å². The standard InChI is InChI=1S/C12H24O3.C10H20O3.4C10H14.2C9H18O3/c1-7-12(5,6)10(13)14-8-9-15-11(2,3)4;1-6-10(3,4)9(11)13-8(2)7-12-5;4*1-3-9(2)10-7-5-4-6-8-10;2*1-5-9(2,3)8(10)12-7-6-11-4/h7-9H2,1-6H3;8H,6-7H2,1-5H3;4*4-9H,3H2,1-2H3;2*5-7H2,1-4H3. The molecule has 5 unspecified atom stereocenters. The van der Waals surface area contributed by atoms with E-state index in [1.54, 1.807) is 21.3 Å². The average Bonchev–Trinajstić information content (AvgIpc) is 3.40. The number of carbonyl (C=O) groups is 4. The van der Waals surface area contributed by atoms with E-state index in [0.29, 0.717) is 69.9 Å². The van der Waals surface area contributed by atoms with Crippen molar-refractivity contribution in [1.29, 1.82) is 0 Å². The molecule has 0 bridgehead atoms. The highest BCUT2D eigenvalue weighted by molar-refractivity contribution is 5.77. The molecule has 0 spiro atoms. The summed E-state index contributed by atoms with van der Waals surface area (Å²) in [5, 5.41) is 0. The number of benzene rings is 4. The maximum Gasteiger partial charge on any atom is 0.311 e. The van der Waals surface area contributed by atoms with Crippen LogP contribution in [0.5, 0.6) is 0 Å². The average molecular weight is 1290 g/mol. The lowest BCUT2D eigenvalue weighted by molar-refractivity contribution is -0.161. The Balaban J connectivity index is -0.000000482. The summed E-state index contributed by atoms with van der Waals surface area (Å²) in [6, 6.07) is 42.5. The monoisotopic (exact) mass is 1290 g/mol. The van der Waals surface area contributed by atoms with Crippen molar-refractivity contribution in [3.63, 3.8) is 0 Å². The largest absolute Gasteiger partial charge is 0.463 e. The first kappa shape index (κ1) is 93.0. The number of rotatable bonds is 28. The van der Waals surface area contributed by atoms with Gasteiger partial charge in [0.1, 0.15) is 25.9 Å². The molecular formula is C80H136O12. The predicted molar refractivity (Wildman–Crippen MR) is 387 cm³/mol. The van der Waals surface area contributed by atoms with Crippen LogP contribution in [0.25, 0.3) is 0 Å². The Bertz CT molecular complexity index is 2150. The van der Waals surface area contributed by atoms with E-state index in [4.69, 9.17) is 37.9 Å². The summed E-state index contributed by atoms with van der Waals surface area (Å²) in [6.07, 6.45) is 7.89. The smallest absolute Gasteiger partial charge is 0.311 e. The normalized spacial score (nSPS) is 12.6. The minimum atomic E-state index is -0.387. The molecule has 0 aliphatic rings. The lowest BCUT2D eigenvalue weighted by Crippen LogP contribution is -2.30. The van der Waals surface area contributed by atoms with Gasteiger partial charge in [-0.1, -0.05) is 204 Å². The second-order valence-electron chi connectivity index (χ2n) is 26.9. The molecule has 0 aromatic heterocycles. The Morgan fingerprint density at radius 1 is 0.326 bits per heavy atom. The van der Waals surface area contributed by atoms with Gasteiger partial charge in [0.05, 0.1) is 53.7 Å². The maximum absolute atomic E-state index is 11.5. The molecule has 4 aromatic rings. The third kappa shape index (κ3) is 47.5. The van der Waals surface area contributed by atoms with Crippen LogP contribution in [-0.4, -0.2) is 103 Å². The van der Waals surface area contributed by atoms with Crippen molar-refractivity contribution >= 4 is 23.9 Å². The molecule has 4 aromatic carbocycles. The van der Waals surface area contributed by atoms with Gasteiger partial charge >= 0.3 is 23.9 Å². The van der Waals surface area contributed by atoms with Crippen molar-refractivity contribution in [3.05, 3.63) is 144 Å². The molecule has 12 nitrogen and oxygen atoms in total. The first-order valence-electron chi connectivity index (χ1n) is 34.1. The Kier molecular flexibility index (Phi) is 54.5. The van der Waals surface area contributed by atoms with Crippen molar-refractivity contribution in [3.8, 4) is 0 Å². The molecule has 0 N–H and O–H groups in total. The topological polar surface area (TPSA) is 142 Å². The van der Waals surface area contributed by atoms with Gasteiger partial charge in [-0.05, 0) is 180 Å². The van der Waals surface area contributed by atoms with Crippen molar-refractivity contribution in [2.45, 2.75) is 253 Å². The van der Waals surface area contributed by atoms with Crippen LogP contribution in [0.2, 0.25) is 0 Å². The van der Waals surface area contributed by atoms with Crippen molar-refractivity contribution in [2.75, 3.05) is 67.6 Å². The number of carbonyl (C=O) groups excluding carboxylic acids is 4. The highest BCUT2D eigenvalue weighted by Crippen LogP contribution is 2.25. The van der Waals surface area contributed by atoms with E-state index in [1.165, 1.54) is 47.9 Å². The fraction of sp³-hybridized carbons (Fsp3) is 0.650. The summed E-state index contributed by atoms with van der Waals surface area (Å²) in [4.78, 5) is 45.6. The molecular weight excluding hydrogens is 1150 g/mol. The van der Waals surface area contributed by atoms with E-state index in [2.05, 4.69) is 177 Å². The molecule has 0 saturated heterocycles. The Morgan fingerprint density at radius 3 is 0.750 bits per heavy atom. The van der Waals surface area contributed by atoms with Crippen molar-refractivity contribution in [1.82, 2.24) is 0 Å². The summed E-state index contributed by atoms with van der Waals surface area (Å²) in [5.74, 6) is 2.23. The van der Waals surface area contributed by atoms with E-state index < -0.39 is 0 Å². The minimum Gasteiger partial charge on any atom is -0.463 e. The van der Waals surface area contributed by atoms with Gasteiger partial charge in [0.2, 0.25) is 0 Å². The van der Waals surface area contributed by atoms with Crippen LogP contribution in [-0.2, 0) is 57.1 Å². The number of methoxy groups -OCH3 is 3. The van der Waals surface area contributed by atoms with Gasteiger partial charge in [-0.15, -0.1) is 0 Å². The second kappa shape index (κ2) is 53.9. The van der Waals surface area contributed by atoms with E-state index >= 15 is 0 Å². The zero-order valence-corrected chi connectivity index (χ0v) is 63.4. The molecule has 12 heteroatoms. The zero-order valence-electron chi connectivity index (χ0n) is 63.4. The third-order valence-corrected chi connectivity index (χ3v) is 16.3. The molecule has 0 amide bonds. The molecule has 5 atom stereocenters. The molecule has 0 saturated carbocycles. The van der Waals surface area contributed by atoms with Crippen LogP contribution in [0.4, 0.5) is 0 Å². The van der Waals surface area contributed by atoms with Crippen molar-refractivity contribution in [2.24, 2.45) is 21.7 Å². The van der Waals surface area contributed by atoms with Crippen molar-refractivity contribution < 1.29 is 57.1 Å². The molecule has 0 aliphatic carbocycles. The fourth-order valence-corrected chi connectivity index (χ4v) is 6.76. The highest BCUT2D eigenvalue weighted by Gasteiger charge is 2.30. The summed E-state index contributed by atoms with van der Waals surface area (Å²) in [6.45, 7) is 51.5. The summed E-state index contributed by atoms with van der Waals surface area (Å²) in [7, 11) is 4.76.